The molecule has 0 saturated carbocycles. The van der Waals surface area contributed by atoms with E-state index in [-0.39, 0.29) is 24.7 Å². The molecule has 2 atom stereocenters. The lowest BCUT2D eigenvalue weighted by Gasteiger charge is -2.25. The molecular weight excluding hydrogens is 254 g/mol. The van der Waals surface area contributed by atoms with E-state index in [9.17, 15) is 4.79 Å². The van der Waals surface area contributed by atoms with Crippen LogP contribution in [0.15, 0.2) is 30.3 Å². The van der Waals surface area contributed by atoms with Crippen molar-refractivity contribution < 1.29 is 9.90 Å². The zero-order chi connectivity index (χ0) is 14.5. The molecule has 5 heteroatoms. The van der Waals surface area contributed by atoms with E-state index in [4.69, 9.17) is 5.11 Å². The molecule has 1 heterocycles. The second kappa shape index (κ2) is 6.61. The number of anilines is 1. The summed E-state index contributed by atoms with van der Waals surface area (Å²) in [7, 11) is 1.71. The minimum Gasteiger partial charge on any atom is -0.394 e. The lowest BCUT2D eigenvalue weighted by atomic mass is 10.2. The molecule has 1 aromatic carbocycles. The van der Waals surface area contributed by atoms with Gasteiger partial charge in [0.1, 0.15) is 0 Å². The van der Waals surface area contributed by atoms with Crippen LogP contribution in [0.3, 0.4) is 0 Å². The number of aliphatic hydroxyl groups is 1. The average molecular weight is 277 g/mol. The van der Waals surface area contributed by atoms with Gasteiger partial charge in [-0.15, -0.1) is 0 Å². The summed E-state index contributed by atoms with van der Waals surface area (Å²) in [6, 6.07) is 10.1. The first-order valence-electron chi connectivity index (χ1n) is 7.06. The molecule has 0 aromatic heterocycles. The van der Waals surface area contributed by atoms with E-state index < -0.39 is 0 Å². The number of hydrogen-bond donors (Lipinski definition) is 2. The highest BCUT2D eigenvalue weighted by Gasteiger charge is 2.25. The molecule has 0 bridgehead atoms. The number of carbonyl (C=O) groups is 1. The Balaban J connectivity index is 1.86. The number of nitrogens with one attached hydrogen (secondary N) is 1. The van der Waals surface area contributed by atoms with Crippen molar-refractivity contribution in [2.24, 2.45) is 0 Å². The highest BCUT2D eigenvalue weighted by atomic mass is 16.3. The molecule has 1 aliphatic rings. The van der Waals surface area contributed by atoms with Crippen molar-refractivity contribution in [3.8, 4) is 0 Å². The van der Waals surface area contributed by atoms with Gasteiger partial charge in [-0.2, -0.15) is 0 Å². The topological polar surface area (TPSA) is 55.8 Å². The monoisotopic (exact) mass is 277 g/mol. The summed E-state index contributed by atoms with van der Waals surface area (Å²) < 4.78 is 0. The molecule has 110 valence electrons. The second-order valence-electron chi connectivity index (χ2n) is 5.36. The van der Waals surface area contributed by atoms with Crippen LogP contribution in [0.5, 0.6) is 0 Å². The van der Waals surface area contributed by atoms with Crippen LogP contribution in [-0.4, -0.2) is 54.9 Å². The predicted molar refractivity (Wildman–Crippen MR) is 79.9 cm³/mol. The molecule has 2 unspecified atom stereocenters. The number of aliphatic hydroxyl groups excluding tert-OH is 1. The molecule has 2 amide bonds. The molecule has 20 heavy (non-hydrogen) atoms. The summed E-state index contributed by atoms with van der Waals surface area (Å²) in [5.41, 5.74) is 1.20. The number of carbonyl (C=O) groups excluding carboxylic acids is 1. The second-order valence-corrected chi connectivity index (χ2v) is 5.36. The van der Waals surface area contributed by atoms with Gasteiger partial charge in [-0.05, 0) is 25.5 Å². The van der Waals surface area contributed by atoms with Gasteiger partial charge in [-0.25, -0.2) is 4.79 Å². The van der Waals surface area contributed by atoms with Crippen LogP contribution in [-0.2, 0) is 0 Å². The van der Waals surface area contributed by atoms with E-state index in [0.29, 0.717) is 0 Å². The van der Waals surface area contributed by atoms with Gasteiger partial charge in [0.25, 0.3) is 0 Å². The van der Waals surface area contributed by atoms with Crippen molar-refractivity contribution >= 4 is 11.7 Å². The summed E-state index contributed by atoms with van der Waals surface area (Å²) in [4.78, 5) is 15.9. The maximum absolute atomic E-state index is 12.0. The minimum atomic E-state index is -0.165. The fourth-order valence-electron chi connectivity index (χ4n) is 2.35. The zero-order valence-electron chi connectivity index (χ0n) is 12.1. The molecule has 0 radical (unpaired) electrons. The summed E-state index contributed by atoms with van der Waals surface area (Å²) >= 11 is 0. The first kappa shape index (κ1) is 14.7. The fourth-order valence-corrected chi connectivity index (χ4v) is 2.35. The van der Waals surface area contributed by atoms with Gasteiger partial charge >= 0.3 is 6.03 Å². The van der Waals surface area contributed by atoms with Crippen LogP contribution in [0.2, 0.25) is 0 Å². The summed E-state index contributed by atoms with van der Waals surface area (Å²) in [6.45, 7) is 3.58. The highest BCUT2D eigenvalue weighted by Crippen LogP contribution is 2.19. The standard InChI is InChI=1S/C15H23N3O2/c1-12(11-19)17(2)15(20)16-13-8-9-18(10-13)14-6-4-3-5-7-14/h3-7,12-13,19H,8-11H2,1-2H3,(H,16,20). The molecule has 5 nitrogen and oxygen atoms in total. The summed E-state index contributed by atoms with van der Waals surface area (Å²) in [6.07, 6.45) is 0.946. The summed E-state index contributed by atoms with van der Waals surface area (Å²) in [5.74, 6) is 0. The smallest absolute Gasteiger partial charge is 0.317 e. The number of rotatable bonds is 4. The third-order valence-electron chi connectivity index (χ3n) is 3.88. The number of para-hydroxylation sites is 1. The van der Waals surface area contributed by atoms with E-state index in [1.807, 2.05) is 25.1 Å². The quantitative estimate of drug-likeness (QED) is 0.872. The zero-order valence-corrected chi connectivity index (χ0v) is 12.1. The molecule has 1 aromatic rings. The van der Waals surface area contributed by atoms with Crippen molar-refractivity contribution in [1.29, 1.82) is 0 Å². The Morgan fingerprint density at radius 1 is 1.50 bits per heavy atom. The van der Waals surface area contributed by atoms with E-state index in [1.54, 1.807) is 11.9 Å². The largest absolute Gasteiger partial charge is 0.394 e. The van der Waals surface area contributed by atoms with Gasteiger partial charge in [0, 0.05) is 31.9 Å². The van der Waals surface area contributed by atoms with E-state index >= 15 is 0 Å². The number of amides is 2. The molecule has 0 spiro atoms. The van der Waals surface area contributed by atoms with Gasteiger partial charge in [-0.3, -0.25) is 0 Å². The van der Waals surface area contributed by atoms with Crippen LogP contribution in [0.4, 0.5) is 10.5 Å². The van der Waals surface area contributed by atoms with Crippen LogP contribution in [0, 0.1) is 0 Å². The van der Waals surface area contributed by atoms with Gasteiger partial charge in [0.2, 0.25) is 0 Å². The minimum absolute atomic E-state index is 0.0231. The number of hydrogen-bond acceptors (Lipinski definition) is 3. The Kier molecular flexibility index (Phi) is 4.84. The predicted octanol–water partition coefficient (Wildman–Crippen LogP) is 1.29. The Hall–Kier alpha value is -1.75. The van der Waals surface area contributed by atoms with Crippen molar-refractivity contribution in [3.63, 3.8) is 0 Å². The molecule has 1 saturated heterocycles. The van der Waals surface area contributed by atoms with Crippen molar-refractivity contribution in [2.45, 2.75) is 25.4 Å². The number of nitrogens with zero attached hydrogens (tertiary/aromatic N) is 2. The molecule has 2 N–H and O–H groups in total. The van der Waals surface area contributed by atoms with Gasteiger partial charge < -0.3 is 20.2 Å². The highest BCUT2D eigenvalue weighted by molar-refractivity contribution is 5.74. The first-order chi connectivity index (χ1) is 9.61. The van der Waals surface area contributed by atoms with Crippen molar-refractivity contribution in [2.75, 3.05) is 31.6 Å². The lowest BCUT2D eigenvalue weighted by Crippen LogP contribution is -2.48. The van der Waals surface area contributed by atoms with E-state index in [2.05, 4.69) is 22.3 Å². The number of urea groups is 1. The Labute approximate surface area is 120 Å². The first-order valence-corrected chi connectivity index (χ1v) is 7.06. The van der Waals surface area contributed by atoms with Crippen LogP contribution in [0.1, 0.15) is 13.3 Å². The van der Waals surface area contributed by atoms with Crippen LogP contribution < -0.4 is 10.2 Å². The van der Waals surface area contributed by atoms with Gasteiger partial charge in [0.05, 0.1) is 12.6 Å². The number of likely N-dealkylation sites (N-methyl/N-ethyl adjacent to an activating group) is 1. The normalized spacial score (nSPS) is 19.8. The summed E-state index contributed by atoms with van der Waals surface area (Å²) in [5, 5.41) is 12.1. The molecule has 0 aliphatic carbocycles. The Bertz CT molecular complexity index is 438. The van der Waals surface area contributed by atoms with Gasteiger partial charge in [-0.1, -0.05) is 18.2 Å². The third kappa shape index (κ3) is 3.42. The molecule has 1 aliphatic heterocycles. The Morgan fingerprint density at radius 3 is 2.85 bits per heavy atom. The molecule has 1 fully saturated rings. The number of benzene rings is 1. The van der Waals surface area contributed by atoms with Gasteiger partial charge in [0.15, 0.2) is 0 Å². The van der Waals surface area contributed by atoms with Crippen molar-refractivity contribution in [3.05, 3.63) is 30.3 Å². The molecule has 2 rings (SSSR count). The fraction of sp³-hybridized carbons (Fsp3) is 0.533. The van der Waals surface area contributed by atoms with Crippen molar-refractivity contribution in [1.82, 2.24) is 10.2 Å². The lowest BCUT2D eigenvalue weighted by molar-refractivity contribution is 0.155. The van der Waals surface area contributed by atoms with Crippen LogP contribution >= 0.6 is 0 Å². The molecular formula is C15H23N3O2. The van der Waals surface area contributed by atoms with E-state index in [0.717, 1.165) is 19.5 Å². The maximum Gasteiger partial charge on any atom is 0.317 e. The average Bonchev–Trinajstić information content (AvgIpc) is 2.95. The van der Waals surface area contributed by atoms with Crippen LogP contribution in [0.25, 0.3) is 0 Å². The third-order valence-corrected chi connectivity index (χ3v) is 3.88. The van der Waals surface area contributed by atoms with E-state index in [1.165, 1.54) is 5.69 Å². The maximum atomic E-state index is 12.0. The Morgan fingerprint density at radius 2 is 2.20 bits per heavy atom. The SMILES string of the molecule is CC(CO)N(C)C(=O)NC1CCN(c2ccccc2)C1.